The highest BCUT2D eigenvalue weighted by Crippen LogP contribution is 2.21. The zero-order valence-corrected chi connectivity index (χ0v) is 10.7. The summed E-state index contributed by atoms with van der Waals surface area (Å²) in [6.45, 7) is 2.03. The highest BCUT2D eigenvalue weighted by atomic mass is 35.5. The largest absolute Gasteiger partial charge is 0.375 e. The van der Waals surface area contributed by atoms with Gasteiger partial charge in [-0.25, -0.2) is 9.37 Å². The fourth-order valence-corrected chi connectivity index (χ4v) is 1.75. The second-order valence-corrected chi connectivity index (χ2v) is 4.26. The Morgan fingerprint density at radius 2 is 2.06 bits per heavy atom. The van der Waals surface area contributed by atoms with Crippen molar-refractivity contribution in [2.24, 2.45) is 0 Å². The Morgan fingerprint density at radius 1 is 1.22 bits per heavy atom. The number of anilines is 1. The lowest BCUT2D eigenvalue weighted by Gasteiger charge is -2.17. The Labute approximate surface area is 110 Å². The predicted octanol–water partition coefficient (Wildman–Crippen LogP) is 3.83. The molecule has 0 amide bonds. The lowest BCUT2D eigenvalue weighted by Crippen LogP contribution is -2.11. The van der Waals surface area contributed by atoms with E-state index in [1.807, 2.05) is 13.0 Å². The molecule has 2 rings (SSSR count). The van der Waals surface area contributed by atoms with Crippen LogP contribution in [0.1, 0.15) is 25.1 Å². The average Bonchev–Trinajstić information content (AvgIpc) is 2.39. The standard InChI is InChI=1S/C13H13ClFN3/c1-2-11(12-5-3-9(15)7-16-12)18-10-4-6-13(14)17-8-10/h3-8,11,18H,2H2,1H3. The first kappa shape index (κ1) is 12.8. The molecule has 2 aromatic rings. The number of pyridine rings is 2. The maximum Gasteiger partial charge on any atom is 0.141 e. The zero-order chi connectivity index (χ0) is 13.0. The van der Waals surface area contributed by atoms with Gasteiger partial charge in [0.1, 0.15) is 11.0 Å². The van der Waals surface area contributed by atoms with Crippen molar-refractivity contribution in [2.45, 2.75) is 19.4 Å². The average molecular weight is 266 g/mol. The van der Waals surface area contributed by atoms with Gasteiger partial charge in [0.25, 0.3) is 0 Å². The van der Waals surface area contributed by atoms with Crippen LogP contribution in [0.4, 0.5) is 10.1 Å². The first-order valence-electron chi connectivity index (χ1n) is 5.68. The number of rotatable bonds is 4. The summed E-state index contributed by atoms with van der Waals surface area (Å²) in [5.74, 6) is -0.332. The van der Waals surface area contributed by atoms with E-state index in [1.165, 1.54) is 12.3 Å². The molecule has 0 aliphatic carbocycles. The van der Waals surface area contributed by atoms with Gasteiger partial charge in [0.05, 0.1) is 29.8 Å². The summed E-state index contributed by atoms with van der Waals surface area (Å²) in [6.07, 6.45) is 3.72. The van der Waals surface area contributed by atoms with Gasteiger partial charge in [-0.3, -0.25) is 4.98 Å². The Kier molecular flexibility index (Phi) is 4.10. The molecule has 0 aliphatic rings. The topological polar surface area (TPSA) is 37.8 Å². The van der Waals surface area contributed by atoms with E-state index in [0.29, 0.717) is 5.15 Å². The summed E-state index contributed by atoms with van der Waals surface area (Å²) in [4.78, 5) is 8.08. The third-order valence-electron chi connectivity index (χ3n) is 2.58. The highest BCUT2D eigenvalue weighted by molar-refractivity contribution is 6.29. The second-order valence-electron chi connectivity index (χ2n) is 3.88. The number of hydrogen-bond acceptors (Lipinski definition) is 3. The molecule has 1 N–H and O–H groups in total. The van der Waals surface area contributed by atoms with Crippen LogP contribution in [0.15, 0.2) is 36.7 Å². The predicted molar refractivity (Wildman–Crippen MR) is 70.1 cm³/mol. The zero-order valence-electron chi connectivity index (χ0n) is 9.90. The van der Waals surface area contributed by atoms with Crippen molar-refractivity contribution in [3.63, 3.8) is 0 Å². The van der Waals surface area contributed by atoms with E-state index in [0.717, 1.165) is 17.8 Å². The van der Waals surface area contributed by atoms with Crippen molar-refractivity contribution in [2.75, 3.05) is 5.32 Å². The lowest BCUT2D eigenvalue weighted by molar-refractivity contribution is 0.614. The number of aromatic nitrogens is 2. The molecule has 5 heteroatoms. The third kappa shape index (κ3) is 3.17. The summed E-state index contributed by atoms with van der Waals surface area (Å²) >= 11 is 5.72. The van der Waals surface area contributed by atoms with E-state index in [2.05, 4.69) is 15.3 Å². The van der Waals surface area contributed by atoms with E-state index in [4.69, 9.17) is 11.6 Å². The molecule has 0 radical (unpaired) electrons. The number of hydrogen-bond donors (Lipinski definition) is 1. The van der Waals surface area contributed by atoms with Crippen LogP contribution in [0.2, 0.25) is 5.15 Å². The third-order valence-corrected chi connectivity index (χ3v) is 2.81. The van der Waals surface area contributed by atoms with Gasteiger partial charge < -0.3 is 5.32 Å². The highest BCUT2D eigenvalue weighted by Gasteiger charge is 2.10. The van der Waals surface area contributed by atoms with E-state index in [-0.39, 0.29) is 11.9 Å². The smallest absolute Gasteiger partial charge is 0.141 e. The van der Waals surface area contributed by atoms with Crippen molar-refractivity contribution < 1.29 is 4.39 Å². The second kappa shape index (κ2) is 5.78. The number of nitrogens with one attached hydrogen (secondary N) is 1. The number of nitrogens with zero attached hydrogens (tertiary/aromatic N) is 2. The molecule has 0 fully saturated rings. The van der Waals surface area contributed by atoms with E-state index >= 15 is 0 Å². The molecule has 2 aromatic heterocycles. The normalized spacial score (nSPS) is 12.2. The Morgan fingerprint density at radius 3 is 2.61 bits per heavy atom. The molecular weight excluding hydrogens is 253 g/mol. The van der Waals surface area contributed by atoms with Gasteiger partial charge in [-0.15, -0.1) is 0 Å². The first-order chi connectivity index (χ1) is 8.69. The van der Waals surface area contributed by atoms with Crippen molar-refractivity contribution in [3.8, 4) is 0 Å². The van der Waals surface area contributed by atoms with Crippen LogP contribution in [0.3, 0.4) is 0 Å². The van der Waals surface area contributed by atoms with Gasteiger partial charge in [0.2, 0.25) is 0 Å². The molecule has 18 heavy (non-hydrogen) atoms. The molecule has 1 atom stereocenters. The minimum Gasteiger partial charge on any atom is -0.375 e. The van der Waals surface area contributed by atoms with Crippen LogP contribution in [-0.4, -0.2) is 9.97 Å². The summed E-state index contributed by atoms with van der Waals surface area (Å²) in [5.41, 5.74) is 1.66. The van der Waals surface area contributed by atoms with Gasteiger partial charge in [0, 0.05) is 0 Å². The van der Waals surface area contributed by atoms with E-state index in [9.17, 15) is 4.39 Å². The van der Waals surface area contributed by atoms with E-state index in [1.54, 1.807) is 18.3 Å². The van der Waals surface area contributed by atoms with Crippen LogP contribution < -0.4 is 5.32 Å². The number of halogens is 2. The maximum atomic E-state index is 12.8. The molecule has 0 aromatic carbocycles. The molecule has 0 bridgehead atoms. The monoisotopic (exact) mass is 265 g/mol. The van der Waals surface area contributed by atoms with Crippen molar-refractivity contribution >= 4 is 17.3 Å². The molecule has 0 saturated heterocycles. The Hall–Kier alpha value is -1.68. The fraction of sp³-hybridized carbons (Fsp3) is 0.231. The van der Waals surface area contributed by atoms with Crippen LogP contribution in [0.5, 0.6) is 0 Å². The van der Waals surface area contributed by atoms with Crippen LogP contribution in [0, 0.1) is 5.82 Å². The molecule has 94 valence electrons. The summed E-state index contributed by atoms with van der Waals surface area (Å²) in [7, 11) is 0. The van der Waals surface area contributed by atoms with E-state index < -0.39 is 0 Å². The Bertz CT molecular complexity index is 499. The molecule has 3 nitrogen and oxygen atoms in total. The SMILES string of the molecule is CCC(Nc1ccc(Cl)nc1)c1ccc(F)cn1. The maximum absolute atomic E-state index is 12.8. The first-order valence-corrected chi connectivity index (χ1v) is 6.06. The van der Waals surface area contributed by atoms with Crippen LogP contribution in [-0.2, 0) is 0 Å². The van der Waals surface area contributed by atoms with Gasteiger partial charge in [-0.1, -0.05) is 18.5 Å². The van der Waals surface area contributed by atoms with Gasteiger partial charge in [-0.05, 0) is 30.7 Å². The quantitative estimate of drug-likeness (QED) is 0.854. The van der Waals surface area contributed by atoms with Crippen LogP contribution >= 0.6 is 11.6 Å². The molecule has 0 spiro atoms. The van der Waals surface area contributed by atoms with Crippen molar-refractivity contribution in [1.29, 1.82) is 0 Å². The Balaban J connectivity index is 2.14. The molecule has 1 unspecified atom stereocenters. The molecule has 0 saturated carbocycles. The van der Waals surface area contributed by atoms with Crippen LogP contribution in [0.25, 0.3) is 0 Å². The summed E-state index contributed by atoms with van der Waals surface area (Å²) in [5, 5.41) is 3.74. The minimum atomic E-state index is -0.332. The minimum absolute atomic E-state index is 0.0218. The van der Waals surface area contributed by atoms with Gasteiger partial charge >= 0.3 is 0 Å². The van der Waals surface area contributed by atoms with Gasteiger partial charge in [0.15, 0.2) is 0 Å². The van der Waals surface area contributed by atoms with Gasteiger partial charge in [-0.2, -0.15) is 0 Å². The molecular formula is C13H13ClFN3. The summed E-state index contributed by atoms with van der Waals surface area (Å²) < 4.78 is 12.8. The fourth-order valence-electron chi connectivity index (χ4n) is 1.64. The van der Waals surface area contributed by atoms with Crippen molar-refractivity contribution in [1.82, 2.24) is 9.97 Å². The van der Waals surface area contributed by atoms with Crippen molar-refractivity contribution in [3.05, 3.63) is 53.3 Å². The summed E-state index contributed by atoms with van der Waals surface area (Å²) in [6, 6.07) is 6.68. The molecule has 0 aliphatic heterocycles. The lowest BCUT2D eigenvalue weighted by atomic mass is 10.1. The molecule has 2 heterocycles.